The van der Waals surface area contributed by atoms with Gasteiger partial charge in [0.1, 0.15) is 12.4 Å². The minimum atomic E-state index is 0.316. The highest BCUT2D eigenvalue weighted by Gasteiger charge is 2.26. The van der Waals surface area contributed by atoms with Crippen molar-refractivity contribution >= 4 is 5.82 Å². The molecule has 1 N–H and O–H groups in total. The maximum Gasteiger partial charge on any atom is 0.168 e. The van der Waals surface area contributed by atoms with Crippen molar-refractivity contribution in [2.45, 2.75) is 39.7 Å². The Balaban J connectivity index is 1.37. The number of hydrogen-bond donors (Lipinski definition) is 1. The summed E-state index contributed by atoms with van der Waals surface area (Å²) in [5.74, 6) is 3.19. The van der Waals surface area contributed by atoms with Gasteiger partial charge >= 0.3 is 0 Å². The van der Waals surface area contributed by atoms with Crippen LogP contribution in [0, 0.1) is 19.8 Å². The first-order chi connectivity index (χ1) is 13.6. The number of rotatable bonds is 5. The van der Waals surface area contributed by atoms with Crippen molar-refractivity contribution in [3.63, 3.8) is 0 Å². The van der Waals surface area contributed by atoms with E-state index in [-0.39, 0.29) is 0 Å². The molecule has 1 saturated heterocycles. The molecule has 0 spiro atoms. The van der Waals surface area contributed by atoms with Crippen LogP contribution in [-0.2, 0) is 0 Å². The normalized spacial score (nSPS) is 20.6. The van der Waals surface area contributed by atoms with Crippen LogP contribution in [0.2, 0.25) is 0 Å². The smallest absolute Gasteiger partial charge is 0.168 e. The SMILES string of the molecule is Cc1cc(OC[C@H]2CCCN(C(C)c3cnc4c(c3)OCCN4)C2)cc(C)n1. The van der Waals surface area contributed by atoms with Gasteiger partial charge < -0.3 is 14.8 Å². The fraction of sp³-hybridized carbons (Fsp3) is 0.545. The molecule has 2 aromatic heterocycles. The maximum absolute atomic E-state index is 6.11. The Morgan fingerprint density at radius 3 is 2.93 bits per heavy atom. The summed E-state index contributed by atoms with van der Waals surface area (Å²) in [6, 6.07) is 6.49. The summed E-state index contributed by atoms with van der Waals surface area (Å²) in [6.07, 6.45) is 4.39. The average Bonchev–Trinajstić information content (AvgIpc) is 2.71. The Morgan fingerprint density at radius 1 is 1.29 bits per heavy atom. The van der Waals surface area contributed by atoms with E-state index in [4.69, 9.17) is 9.47 Å². The first-order valence-electron chi connectivity index (χ1n) is 10.3. The van der Waals surface area contributed by atoms with E-state index in [9.17, 15) is 0 Å². The van der Waals surface area contributed by atoms with Gasteiger partial charge in [-0.2, -0.15) is 0 Å². The van der Waals surface area contributed by atoms with E-state index in [0.29, 0.717) is 18.6 Å². The zero-order chi connectivity index (χ0) is 19.5. The van der Waals surface area contributed by atoms with Crippen LogP contribution < -0.4 is 14.8 Å². The lowest BCUT2D eigenvalue weighted by Gasteiger charge is -2.37. The molecule has 1 unspecified atom stereocenters. The molecule has 2 atom stereocenters. The van der Waals surface area contributed by atoms with Crippen molar-refractivity contribution in [3.8, 4) is 11.5 Å². The van der Waals surface area contributed by atoms with Crippen LogP contribution in [0.3, 0.4) is 0 Å². The predicted molar refractivity (Wildman–Crippen MR) is 110 cm³/mol. The van der Waals surface area contributed by atoms with Crippen LogP contribution in [0.4, 0.5) is 5.82 Å². The summed E-state index contributed by atoms with van der Waals surface area (Å²) in [7, 11) is 0. The fourth-order valence-electron chi connectivity index (χ4n) is 4.15. The number of pyridine rings is 2. The van der Waals surface area contributed by atoms with E-state index in [0.717, 1.165) is 54.9 Å². The highest BCUT2D eigenvalue weighted by molar-refractivity contribution is 5.52. The summed E-state index contributed by atoms with van der Waals surface area (Å²) < 4.78 is 11.9. The summed E-state index contributed by atoms with van der Waals surface area (Å²) in [5, 5.41) is 3.28. The zero-order valence-electron chi connectivity index (χ0n) is 17.1. The molecule has 2 aromatic rings. The highest BCUT2D eigenvalue weighted by Crippen LogP contribution is 2.32. The molecule has 2 aliphatic heterocycles. The summed E-state index contributed by atoms with van der Waals surface area (Å²) in [6.45, 7) is 10.7. The fourth-order valence-corrected chi connectivity index (χ4v) is 4.15. The maximum atomic E-state index is 6.11. The molecule has 4 heterocycles. The molecule has 2 aliphatic rings. The summed E-state index contributed by atoms with van der Waals surface area (Å²) >= 11 is 0. The van der Waals surface area contributed by atoms with Crippen molar-refractivity contribution in [2.24, 2.45) is 5.92 Å². The predicted octanol–water partition coefficient (Wildman–Crippen LogP) is 3.75. The van der Waals surface area contributed by atoms with Gasteiger partial charge in [-0.05, 0) is 51.8 Å². The van der Waals surface area contributed by atoms with Crippen LogP contribution in [0.25, 0.3) is 0 Å². The van der Waals surface area contributed by atoms with Gasteiger partial charge in [0.25, 0.3) is 0 Å². The average molecular weight is 383 g/mol. The van der Waals surface area contributed by atoms with E-state index >= 15 is 0 Å². The molecule has 28 heavy (non-hydrogen) atoms. The van der Waals surface area contributed by atoms with Crippen molar-refractivity contribution < 1.29 is 9.47 Å². The molecule has 150 valence electrons. The lowest BCUT2D eigenvalue weighted by Crippen LogP contribution is -2.39. The molecule has 4 rings (SSSR count). The van der Waals surface area contributed by atoms with E-state index in [1.165, 1.54) is 18.4 Å². The lowest BCUT2D eigenvalue weighted by molar-refractivity contribution is 0.100. The number of hydrogen-bond acceptors (Lipinski definition) is 6. The third kappa shape index (κ3) is 4.38. The van der Waals surface area contributed by atoms with Gasteiger partial charge in [-0.3, -0.25) is 9.88 Å². The van der Waals surface area contributed by atoms with Gasteiger partial charge in [-0.15, -0.1) is 0 Å². The van der Waals surface area contributed by atoms with Crippen molar-refractivity contribution in [3.05, 3.63) is 41.3 Å². The highest BCUT2D eigenvalue weighted by atomic mass is 16.5. The molecule has 1 fully saturated rings. The Hall–Kier alpha value is -2.34. The van der Waals surface area contributed by atoms with Gasteiger partial charge in [0.2, 0.25) is 0 Å². The van der Waals surface area contributed by atoms with Crippen molar-refractivity contribution in [2.75, 3.05) is 38.2 Å². The number of anilines is 1. The minimum Gasteiger partial charge on any atom is -0.493 e. The molecule has 6 nitrogen and oxygen atoms in total. The molecular weight excluding hydrogens is 352 g/mol. The molecule has 0 amide bonds. The second-order valence-electron chi connectivity index (χ2n) is 7.97. The number of ether oxygens (including phenoxy) is 2. The Bertz CT molecular complexity index is 806. The van der Waals surface area contributed by atoms with Gasteiger partial charge in [0.15, 0.2) is 11.6 Å². The number of nitrogens with zero attached hydrogens (tertiary/aromatic N) is 3. The second kappa shape index (κ2) is 8.35. The van der Waals surface area contributed by atoms with Crippen LogP contribution in [0.15, 0.2) is 24.4 Å². The monoisotopic (exact) mass is 382 g/mol. The third-order valence-electron chi connectivity index (χ3n) is 5.65. The second-order valence-corrected chi connectivity index (χ2v) is 7.97. The first kappa shape index (κ1) is 19.0. The minimum absolute atomic E-state index is 0.316. The number of piperidine rings is 1. The van der Waals surface area contributed by atoms with E-state index in [2.05, 4.69) is 33.2 Å². The Morgan fingerprint density at radius 2 is 2.11 bits per heavy atom. The first-order valence-corrected chi connectivity index (χ1v) is 10.3. The standard InChI is InChI=1S/C22H30N4O2/c1-15-9-20(10-16(2)25-15)28-14-18-5-4-7-26(13-18)17(3)19-11-21-22(24-12-19)23-6-8-27-21/h9-12,17-18H,4-8,13-14H2,1-3H3,(H,23,24)/t17?,18-/m0/s1. The quantitative estimate of drug-likeness (QED) is 0.850. The van der Waals surface area contributed by atoms with Crippen LogP contribution in [0.1, 0.15) is 42.8 Å². The Kier molecular flexibility index (Phi) is 5.67. The summed E-state index contributed by atoms with van der Waals surface area (Å²) in [4.78, 5) is 11.5. The Labute approximate surface area is 167 Å². The molecule has 0 aliphatic carbocycles. The number of aromatic nitrogens is 2. The van der Waals surface area contributed by atoms with E-state index in [1.807, 2.05) is 32.2 Å². The molecule has 0 radical (unpaired) electrons. The van der Waals surface area contributed by atoms with E-state index in [1.54, 1.807) is 0 Å². The van der Waals surface area contributed by atoms with E-state index < -0.39 is 0 Å². The van der Waals surface area contributed by atoms with Crippen molar-refractivity contribution in [1.82, 2.24) is 14.9 Å². The van der Waals surface area contributed by atoms with Gasteiger partial charge in [0, 0.05) is 48.2 Å². The summed E-state index contributed by atoms with van der Waals surface area (Å²) in [5.41, 5.74) is 3.22. The van der Waals surface area contributed by atoms with Crippen LogP contribution in [-0.4, -0.2) is 47.7 Å². The molecular formula is C22H30N4O2. The van der Waals surface area contributed by atoms with Crippen LogP contribution in [0.5, 0.6) is 11.5 Å². The largest absolute Gasteiger partial charge is 0.493 e. The molecule has 0 aromatic carbocycles. The molecule has 0 bridgehead atoms. The molecule has 0 saturated carbocycles. The van der Waals surface area contributed by atoms with Crippen molar-refractivity contribution in [1.29, 1.82) is 0 Å². The number of likely N-dealkylation sites (tertiary alicyclic amines) is 1. The zero-order valence-corrected chi connectivity index (χ0v) is 17.1. The third-order valence-corrected chi connectivity index (χ3v) is 5.65. The topological polar surface area (TPSA) is 59.5 Å². The lowest BCUT2D eigenvalue weighted by atomic mass is 9.96. The van der Waals surface area contributed by atoms with Gasteiger partial charge in [-0.1, -0.05) is 0 Å². The number of nitrogens with one attached hydrogen (secondary N) is 1. The number of aryl methyl sites for hydroxylation is 2. The number of fused-ring (bicyclic) bond motifs is 1. The molecule has 6 heteroatoms. The van der Waals surface area contributed by atoms with Gasteiger partial charge in [-0.25, -0.2) is 4.98 Å². The van der Waals surface area contributed by atoms with Crippen LogP contribution >= 0.6 is 0 Å². The van der Waals surface area contributed by atoms with Gasteiger partial charge in [0.05, 0.1) is 13.2 Å².